The largest absolute Gasteiger partial charge is 0.322 e. The summed E-state index contributed by atoms with van der Waals surface area (Å²) >= 11 is 0. The first-order valence-electron chi connectivity index (χ1n) is 9.59. The van der Waals surface area contributed by atoms with Gasteiger partial charge >= 0.3 is 0 Å². The molecule has 1 heterocycles. The highest BCUT2D eigenvalue weighted by Crippen LogP contribution is 2.38. The van der Waals surface area contributed by atoms with Gasteiger partial charge < -0.3 is 4.98 Å². The molecule has 0 radical (unpaired) electrons. The van der Waals surface area contributed by atoms with Crippen molar-refractivity contribution in [2.24, 2.45) is 5.92 Å². The summed E-state index contributed by atoms with van der Waals surface area (Å²) in [5, 5.41) is 0. The number of hydrogen-bond donors (Lipinski definition) is 1. The topological polar surface area (TPSA) is 84.1 Å². The Balaban J connectivity index is 1.76. The molecule has 2 saturated carbocycles. The fourth-order valence-corrected chi connectivity index (χ4v) is 4.43. The van der Waals surface area contributed by atoms with Gasteiger partial charge in [0.1, 0.15) is 5.78 Å². The lowest BCUT2D eigenvalue weighted by Crippen LogP contribution is -2.13. The summed E-state index contributed by atoms with van der Waals surface area (Å²) in [7, 11) is -3.28. The zero-order valence-electron chi connectivity index (χ0n) is 15.8. The normalized spacial score (nSPS) is 20.5. The third kappa shape index (κ3) is 4.02. The van der Waals surface area contributed by atoms with Gasteiger partial charge in [0.2, 0.25) is 0 Å². The molecule has 0 amide bonds. The summed E-state index contributed by atoms with van der Waals surface area (Å²) in [6, 6.07) is 10.5. The van der Waals surface area contributed by atoms with Crippen molar-refractivity contribution < 1.29 is 13.2 Å². The summed E-state index contributed by atoms with van der Waals surface area (Å²) in [5.74, 6) is 0.751. The lowest BCUT2D eigenvalue weighted by Gasteiger charge is -2.13. The van der Waals surface area contributed by atoms with Gasteiger partial charge in [-0.2, -0.15) is 0 Å². The maximum absolute atomic E-state index is 12.5. The first-order valence-corrected chi connectivity index (χ1v) is 11.5. The first kappa shape index (κ1) is 18.9. The molecule has 2 aromatic rings. The monoisotopic (exact) mass is 397 g/mol. The molecular weight excluding hydrogens is 374 g/mol. The number of carbonyl (C=O) groups is 1. The van der Waals surface area contributed by atoms with Crippen LogP contribution in [0, 0.1) is 5.92 Å². The summed E-state index contributed by atoms with van der Waals surface area (Å²) in [6.45, 7) is 0. The van der Waals surface area contributed by atoms with Crippen LogP contribution >= 0.6 is 0 Å². The number of aromatic amines is 1. The quantitative estimate of drug-likeness (QED) is 0.837. The van der Waals surface area contributed by atoms with Crippen LogP contribution < -0.4 is 5.56 Å². The van der Waals surface area contributed by atoms with Crippen LogP contribution in [0.4, 0.5) is 0 Å². The molecule has 0 saturated heterocycles. The van der Waals surface area contributed by atoms with Crippen LogP contribution in [-0.2, 0) is 14.6 Å². The van der Waals surface area contributed by atoms with Gasteiger partial charge in [-0.15, -0.1) is 0 Å². The van der Waals surface area contributed by atoms with Crippen molar-refractivity contribution in [1.82, 2.24) is 4.98 Å². The molecule has 1 aromatic carbocycles. The number of sulfone groups is 1. The maximum Gasteiger partial charge on any atom is 0.251 e. The Morgan fingerprint density at radius 2 is 1.75 bits per heavy atom. The molecule has 2 aliphatic carbocycles. The molecule has 4 rings (SSSR count). The van der Waals surface area contributed by atoms with Crippen molar-refractivity contribution in [1.29, 1.82) is 0 Å². The molecule has 0 bridgehead atoms. The Hall–Kier alpha value is -2.47. The van der Waals surface area contributed by atoms with E-state index >= 15 is 0 Å². The van der Waals surface area contributed by atoms with Crippen molar-refractivity contribution in [3.05, 3.63) is 69.6 Å². The minimum atomic E-state index is -3.28. The zero-order valence-corrected chi connectivity index (χ0v) is 16.6. The minimum Gasteiger partial charge on any atom is -0.322 e. The molecule has 5 nitrogen and oxygen atoms in total. The predicted molar refractivity (Wildman–Crippen MR) is 108 cm³/mol. The van der Waals surface area contributed by atoms with E-state index in [1.807, 2.05) is 18.2 Å². The Labute approximate surface area is 164 Å². The van der Waals surface area contributed by atoms with E-state index in [0.29, 0.717) is 24.5 Å². The second-order valence-corrected chi connectivity index (χ2v) is 9.86. The number of pyridine rings is 1. The van der Waals surface area contributed by atoms with Gasteiger partial charge in [-0.3, -0.25) is 9.59 Å². The van der Waals surface area contributed by atoms with Crippen molar-refractivity contribution in [3.8, 4) is 0 Å². The number of benzene rings is 1. The summed E-state index contributed by atoms with van der Waals surface area (Å²) in [6.07, 6.45) is 7.23. The van der Waals surface area contributed by atoms with E-state index < -0.39 is 9.84 Å². The summed E-state index contributed by atoms with van der Waals surface area (Å²) < 4.78 is 23.5. The standard InChI is InChI=1S/C22H23NO4S/c1-28(26,27)18-8-5-16(6-9-18)20(13-14-2-7-17(24)12-14)21-11-10-19(15-3-4-15)22(25)23-21/h5-6,8-11,13-15H,2-4,7,12H2,1H3,(H,23,25)/t14-/m0/s1. The predicted octanol–water partition coefficient (Wildman–Crippen LogP) is 3.46. The van der Waals surface area contributed by atoms with E-state index in [0.717, 1.165) is 36.0 Å². The van der Waals surface area contributed by atoms with Crippen LogP contribution in [0.15, 0.2) is 52.2 Å². The van der Waals surface area contributed by atoms with Crippen LogP contribution in [0.3, 0.4) is 0 Å². The van der Waals surface area contributed by atoms with Crippen molar-refractivity contribution in [3.63, 3.8) is 0 Å². The molecule has 1 aromatic heterocycles. The van der Waals surface area contributed by atoms with Gasteiger partial charge in [0.05, 0.1) is 4.90 Å². The van der Waals surface area contributed by atoms with Crippen LogP contribution in [0.5, 0.6) is 0 Å². The van der Waals surface area contributed by atoms with Gasteiger partial charge in [-0.1, -0.05) is 24.3 Å². The van der Waals surface area contributed by atoms with Gasteiger partial charge in [0, 0.05) is 35.9 Å². The van der Waals surface area contributed by atoms with Gasteiger partial charge in [0.25, 0.3) is 5.56 Å². The molecule has 2 fully saturated rings. The van der Waals surface area contributed by atoms with Gasteiger partial charge in [-0.25, -0.2) is 8.42 Å². The molecule has 0 aliphatic heterocycles. The average Bonchev–Trinajstić information content (AvgIpc) is 3.40. The Morgan fingerprint density at radius 1 is 1.04 bits per heavy atom. The highest BCUT2D eigenvalue weighted by atomic mass is 32.2. The number of rotatable bonds is 5. The van der Waals surface area contributed by atoms with E-state index in [4.69, 9.17) is 0 Å². The number of allylic oxidation sites excluding steroid dienone is 1. The van der Waals surface area contributed by atoms with Crippen molar-refractivity contribution >= 4 is 21.2 Å². The molecule has 0 unspecified atom stereocenters. The lowest BCUT2D eigenvalue weighted by molar-refractivity contribution is -0.117. The number of Topliss-reactive ketones (excluding diaryl/α,β-unsaturated/α-hetero) is 1. The van der Waals surface area contributed by atoms with E-state index in [9.17, 15) is 18.0 Å². The fraction of sp³-hybridized carbons (Fsp3) is 0.364. The molecule has 2 aliphatic rings. The number of nitrogens with one attached hydrogen (secondary N) is 1. The molecule has 1 N–H and O–H groups in total. The highest BCUT2D eigenvalue weighted by Gasteiger charge is 2.27. The lowest BCUT2D eigenvalue weighted by atomic mass is 9.95. The van der Waals surface area contributed by atoms with Crippen LogP contribution in [0.2, 0.25) is 0 Å². The highest BCUT2D eigenvalue weighted by molar-refractivity contribution is 7.90. The van der Waals surface area contributed by atoms with E-state index in [2.05, 4.69) is 4.98 Å². The minimum absolute atomic E-state index is 0.0684. The molecule has 146 valence electrons. The van der Waals surface area contributed by atoms with Crippen LogP contribution in [-0.4, -0.2) is 25.4 Å². The SMILES string of the molecule is CS(=O)(=O)c1ccc(C(=C[C@H]2CCC(=O)C2)c2ccc(C3CC3)c(=O)[nH]2)cc1. The van der Waals surface area contributed by atoms with Gasteiger partial charge in [0.15, 0.2) is 9.84 Å². The maximum atomic E-state index is 12.5. The smallest absolute Gasteiger partial charge is 0.251 e. The third-order valence-electron chi connectivity index (χ3n) is 5.53. The molecule has 28 heavy (non-hydrogen) atoms. The number of ketones is 1. The molecule has 6 heteroatoms. The average molecular weight is 397 g/mol. The number of aromatic nitrogens is 1. The number of H-pyrrole nitrogens is 1. The zero-order chi connectivity index (χ0) is 19.9. The molecular formula is C22H23NO4S. The Bertz CT molecular complexity index is 1110. The molecule has 1 atom stereocenters. The van der Waals surface area contributed by atoms with Crippen LogP contribution in [0.1, 0.15) is 54.8 Å². The van der Waals surface area contributed by atoms with E-state index in [-0.39, 0.29) is 22.2 Å². The summed E-state index contributed by atoms with van der Waals surface area (Å²) in [4.78, 5) is 27.5. The van der Waals surface area contributed by atoms with Gasteiger partial charge in [-0.05, 0) is 54.9 Å². The van der Waals surface area contributed by atoms with Crippen LogP contribution in [0.25, 0.3) is 5.57 Å². The Morgan fingerprint density at radius 3 is 2.29 bits per heavy atom. The van der Waals surface area contributed by atoms with Crippen molar-refractivity contribution in [2.75, 3.05) is 6.26 Å². The van der Waals surface area contributed by atoms with E-state index in [1.165, 1.54) is 6.26 Å². The Kier molecular flexibility index (Phi) is 4.83. The third-order valence-corrected chi connectivity index (χ3v) is 6.66. The number of hydrogen-bond acceptors (Lipinski definition) is 4. The summed E-state index contributed by atoms with van der Waals surface area (Å²) in [5.41, 5.74) is 3.11. The second kappa shape index (κ2) is 7.17. The van der Waals surface area contributed by atoms with Crippen molar-refractivity contribution in [2.45, 2.75) is 42.9 Å². The molecule has 0 spiro atoms. The fourth-order valence-electron chi connectivity index (χ4n) is 3.80. The number of carbonyl (C=O) groups excluding carboxylic acids is 1. The second-order valence-electron chi connectivity index (χ2n) is 7.85. The first-order chi connectivity index (χ1) is 13.3. The van der Waals surface area contributed by atoms with E-state index in [1.54, 1.807) is 24.3 Å².